The average Bonchev–Trinajstić information content (AvgIpc) is 2.51. The van der Waals surface area contributed by atoms with Crippen LogP contribution in [0.2, 0.25) is 0 Å². The van der Waals surface area contributed by atoms with Crippen LogP contribution in [0.5, 0.6) is 0 Å². The van der Waals surface area contributed by atoms with Crippen molar-refractivity contribution in [3.05, 3.63) is 23.5 Å². The van der Waals surface area contributed by atoms with Crippen LogP contribution in [0.3, 0.4) is 0 Å². The van der Waals surface area contributed by atoms with Gasteiger partial charge in [-0.05, 0) is 0 Å². The Labute approximate surface area is 74.9 Å². The highest BCUT2D eigenvalue weighted by Gasteiger charge is 1.98. The first-order chi connectivity index (χ1) is 6.24. The molecule has 0 atom stereocenters. The molecule has 0 spiro atoms. The molecular weight excluding hydrogens is 168 g/mol. The van der Waals surface area contributed by atoms with Crippen LogP contribution < -0.4 is 5.73 Å². The summed E-state index contributed by atoms with van der Waals surface area (Å²) in [6, 6.07) is 1.93. The van der Waals surface area contributed by atoms with E-state index in [4.69, 9.17) is 11.0 Å². The fourth-order valence-electron chi connectivity index (χ4n) is 0.813. The van der Waals surface area contributed by atoms with Gasteiger partial charge in [-0.1, -0.05) is 12.2 Å². The summed E-state index contributed by atoms with van der Waals surface area (Å²) in [6.07, 6.45) is 4.90. The molecule has 1 aromatic heterocycles. The van der Waals surface area contributed by atoms with E-state index >= 15 is 0 Å². The summed E-state index contributed by atoms with van der Waals surface area (Å²) in [6.45, 7) is 0. The Hall–Kier alpha value is -2.09. The lowest BCUT2D eigenvalue weighted by atomic mass is 10.2. The van der Waals surface area contributed by atoms with E-state index in [2.05, 4.69) is 10.2 Å². The first kappa shape index (κ1) is 9.00. The zero-order valence-electron chi connectivity index (χ0n) is 6.82. The summed E-state index contributed by atoms with van der Waals surface area (Å²) in [5.74, 6) is -0.404. The number of hydrogen-bond acceptors (Lipinski definition) is 3. The SMILES string of the molecule is N#Cc1[nH]ncc1C=CCC(N)=O. The predicted octanol–water partition coefficient (Wildman–Crippen LogP) is 0.170. The molecule has 1 rings (SSSR count). The second kappa shape index (κ2) is 4.07. The third-order valence-corrected chi connectivity index (χ3v) is 1.40. The van der Waals surface area contributed by atoms with Gasteiger partial charge in [-0.3, -0.25) is 9.89 Å². The molecule has 0 bridgehead atoms. The van der Waals surface area contributed by atoms with Crippen molar-refractivity contribution in [3.8, 4) is 6.07 Å². The molecule has 0 aliphatic carbocycles. The van der Waals surface area contributed by atoms with Crippen LogP contribution in [0.25, 0.3) is 6.08 Å². The van der Waals surface area contributed by atoms with E-state index in [1.807, 2.05) is 6.07 Å². The average molecular weight is 176 g/mol. The number of primary amides is 1. The fraction of sp³-hybridized carbons (Fsp3) is 0.125. The Morgan fingerprint density at radius 2 is 2.62 bits per heavy atom. The maximum atomic E-state index is 10.4. The van der Waals surface area contributed by atoms with E-state index in [1.54, 1.807) is 12.2 Å². The van der Waals surface area contributed by atoms with E-state index in [0.717, 1.165) is 0 Å². The number of nitrogens with two attached hydrogens (primary N) is 1. The van der Waals surface area contributed by atoms with Crippen LogP contribution >= 0.6 is 0 Å². The zero-order chi connectivity index (χ0) is 9.68. The predicted molar refractivity (Wildman–Crippen MR) is 46.1 cm³/mol. The molecule has 0 aromatic carbocycles. The van der Waals surface area contributed by atoms with Crippen molar-refractivity contribution in [1.82, 2.24) is 10.2 Å². The molecule has 0 unspecified atom stereocenters. The number of nitriles is 1. The van der Waals surface area contributed by atoms with Gasteiger partial charge in [-0.15, -0.1) is 0 Å². The summed E-state index contributed by atoms with van der Waals surface area (Å²) in [4.78, 5) is 10.4. The largest absolute Gasteiger partial charge is 0.369 e. The maximum absolute atomic E-state index is 10.4. The van der Waals surface area contributed by atoms with Crippen LogP contribution in [-0.2, 0) is 4.79 Å². The maximum Gasteiger partial charge on any atom is 0.221 e. The quantitative estimate of drug-likeness (QED) is 0.687. The number of aromatic amines is 1. The number of aromatic nitrogens is 2. The van der Waals surface area contributed by atoms with E-state index in [1.165, 1.54) is 6.20 Å². The van der Waals surface area contributed by atoms with Crippen LogP contribution in [0.1, 0.15) is 17.7 Å². The summed E-state index contributed by atoms with van der Waals surface area (Å²) < 4.78 is 0. The highest BCUT2D eigenvalue weighted by Crippen LogP contribution is 2.05. The van der Waals surface area contributed by atoms with E-state index in [9.17, 15) is 4.79 Å². The molecule has 5 nitrogen and oxygen atoms in total. The second-order valence-corrected chi connectivity index (χ2v) is 2.38. The van der Waals surface area contributed by atoms with Crippen LogP contribution in [0, 0.1) is 11.3 Å². The molecule has 5 heteroatoms. The highest BCUT2D eigenvalue weighted by atomic mass is 16.1. The molecule has 0 aliphatic rings. The summed E-state index contributed by atoms with van der Waals surface area (Å²) in [5.41, 5.74) is 5.96. The number of amides is 1. The number of hydrogen-bond donors (Lipinski definition) is 2. The topological polar surface area (TPSA) is 95.6 Å². The van der Waals surface area contributed by atoms with Crippen molar-refractivity contribution in [1.29, 1.82) is 5.26 Å². The third kappa shape index (κ3) is 2.45. The van der Waals surface area contributed by atoms with Gasteiger partial charge < -0.3 is 5.73 Å². The number of carbonyl (C=O) groups excluding carboxylic acids is 1. The molecule has 1 amide bonds. The number of H-pyrrole nitrogens is 1. The van der Waals surface area contributed by atoms with Gasteiger partial charge in [0.15, 0.2) is 0 Å². The van der Waals surface area contributed by atoms with E-state index in [-0.39, 0.29) is 6.42 Å². The Morgan fingerprint density at radius 3 is 3.23 bits per heavy atom. The third-order valence-electron chi connectivity index (χ3n) is 1.40. The second-order valence-electron chi connectivity index (χ2n) is 2.38. The number of rotatable bonds is 3. The molecule has 1 aromatic rings. The standard InChI is InChI=1S/C8H8N4O/c9-4-7-6(5-11-12-7)2-1-3-8(10)13/h1-2,5H,3H2,(H2,10,13)(H,11,12). The van der Waals surface area contributed by atoms with Crippen molar-refractivity contribution in [2.45, 2.75) is 6.42 Å². The van der Waals surface area contributed by atoms with E-state index in [0.29, 0.717) is 11.3 Å². The van der Waals surface area contributed by atoms with Crippen molar-refractivity contribution >= 4 is 12.0 Å². The Kier molecular flexibility index (Phi) is 2.82. The van der Waals surface area contributed by atoms with Gasteiger partial charge in [0, 0.05) is 12.0 Å². The molecule has 0 saturated heterocycles. The summed E-state index contributed by atoms with van der Waals surface area (Å²) >= 11 is 0. The molecule has 0 aliphatic heterocycles. The molecule has 0 fully saturated rings. The highest BCUT2D eigenvalue weighted by molar-refractivity contribution is 5.76. The van der Waals surface area contributed by atoms with Crippen LogP contribution in [0.4, 0.5) is 0 Å². The summed E-state index contributed by atoms with van der Waals surface area (Å²) in [7, 11) is 0. The van der Waals surface area contributed by atoms with Crippen molar-refractivity contribution in [3.63, 3.8) is 0 Å². The van der Waals surface area contributed by atoms with Crippen molar-refractivity contribution < 1.29 is 4.79 Å². The fourth-order valence-corrected chi connectivity index (χ4v) is 0.813. The van der Waals surface area contributed by atoms with E-state index < -0.39 is 5.91 Å². The number of nitrogens with zero attached hydrogens (tertiary/aromatic N) is 2. The molecule has 13 heavy (non-hydrogen) atoms. The number of carbonyl (C=O) groups is 1. The molecule has 0 radical (unpaired) electrons. The molecular formula is C8H8N4O. The van der Waals surface area contributed by atoms with Gasteiger partial charge >= 0.3 is 0 Å². The Bertz CT molecular complexity index is 372. The van der Waals surface area contributed by atoms with Gasteiger partial charge in [0.2, 0.25) is 5.91 Å². The minimum atomic E-state index is -0.404. The lowest BCUT2D eigenvalue weighted by Gasteiger charge is -1.85. The lowest BCUT2D eigenvalue weighted by molar-refractivity contribution is -0.117. The van der Waals surface area contributed by atoms with Crippen molar-refractivity contribution in [2.75, 3.05) is 0 Å². The van der Waals surface area contributed by atoms with Gasteiger partial charge in [0.1, 0.15) is 11.8 Å². The first-order valence-corrected chi connectivity index (χ1v) is 3.62. The van der Waals surface area contributed by atoms with Gasteiger partial charge in [0.25, 0.3) is 0 Å². The van der Waals surface area contributed by atoms with Crippen LogP contribution in [0.15, 0.2) is 12.3 Å². The molecule has 3 N–H and O–H groups in total. The summed E-state index contributed by atoms with van der Waals surface area (Å²) in [5, 5.41) is 14.8. The lowest BCUT2D eigenvalue weighted by Crippen LogP contribution is -2.07. The normalized spacial score (nSPS) is 10.1. The first-order valence-electron chi connectivity index (χ1n) is 3.62. The van der Waals surface area contributed by atoms with Gasteiger partial charge in [-0.2, -0.15) is 10.4 Å². The zero-order valence-corrected chi connectivity index (χ0v) is 6.82. The minimum absolute atomic E-state index is 0.163. The molecule has 66 valence electrons. The monoisotopic (exact) mass is 176 g/mol. The van der Waals surface area contributed by atoms with Crippen LogP contribution in [-0.4, -0.2) is 16.1 Å². The van der Waals surface area contributed by atoms with Gasteiger partial charge in [0.05, 0.1) is 6.20 Å². The Morgan fingerprint density at radius 1 is 1.85 bits per heavy atom. The number of nitrogens with one attached hydrogen (secondary N) is 1. The van der Waals surface area contributed by atoms with Crippen molar-refractivity contribution in [2.24, 2.45) is 5.73 Å². The Balaban J connectivity index is 2.69. The van der Waals surface area contributed by atoms with Gasteiger partial charge in [-0.25, -0.2) is 0 Å². The smallest absolute Gasteiger partial charge is 0.221 e. The minimum Gasteiger partial charge on any atom is -0.369 e. The molecule has 0 saturated carbocycles. The molecule has 1 heterocycles.